The van der Waals surface area contributed by atoms with Crippen molar-refractivity contribution in [3.63, 3.8) is 0 Å². The van der Waals surface area contributed by atoms with Crippen LogP contribution in [0.4, 0.5) is 0 Å². The van der Waals surface area contributed by atoms with E-state index in [1.54, 1.807) is 0 Å². The number of esters is 3. The summed E-state index contributed by atoms with van der Waals surface area (Å²) in [6, 6.07) is 0. The van der Waals surface area contributed by atoms with Gasteiger partial charge in [-0.15, -0.1) is 0 Å². The van der Waals surface area contributed by atoms with Crippen LogP contribution in [-0.4, -0.2) is 95.9 Å². The highest BCUT2D eigenvalue weighted by Crippen LogP contribution is 2.45. The zero-order valence-corrected chi connectivity index (χ0v) is 66.0. The number of phosphoric acid groups is 2. The van der Waals surface area contributed by atoms with Crippen LogP contribution in [-0.2, 0) is 55.8 Å². The summed E-state index contributed by atoms with van der Waals surface area (Å²) in [5.41, 5.74) is 0. The molecule has 0 rings (SSSR count). The van der Waals surface area contributed by atoms with Crippen molar-refractivity contribution < 1.29 is 75.8 Å². The average Bonchev–Trinajstić information content (AvgIpc) is 0.922. The summed E-state index contributed by atoms with van der Waals surface area (Å²) < 4.78 is 61.2. The summed E-state index contributed by atoms with van der Waals surface area (Å²) >= 11 is 0. The normalized spacial score (nSPS) is 14.8. The first-order valence-electron chi connectivity index (χ1n) is 39.8. The molecule has 0 aliphatic heterocycles. The maximum atomic E-state index is 13.0. The molecule has 0 aromatic carbocycles. The van der Waals surface area contributed by atoms with Crippen molar-refractivity contribution in [2.45, 2.75) is 322 Å². The maximum absolute atomic E-state index is 13.0. The number of aliphatic hydroxyl groups excluding tert-OH is 2. The lowest BCUT2D eigenvalue weighted by Gasteiger charge is -2.21. The number of hydrogen-bond donors (Lipinski definition) is 4. The first-order chi connectivity index (χ1) is 50.2. The van der Waals surface area contributed by atoms with E-state index in [2.05, 4.69) is 179 Å². The molecule has 103 heavy (non-hydrogen) atoms. The minimum atomic E-state index is -4.94. The third-order valence-electron chi connectivity index (χ3n) is 16.2. The molecule has 0 saturated heterocycles. The largest absolute Gasteiger partial charge is 0.472 e. The molecule has 0 amide bonds. The van der Waals surface area contributed by atoms with Crippen LogP contribution in [0.1, 0.15) is 303 Å². The van der Waals surface area contributed by atoms with E-state index < -0.39 is 91.5 Å². The van der Waals surface area contributed by atoms with Gasteiger partial charge in [-0.3, -0.25) is 32.5 Å². The second-order valence-electron chi connectivity index (χ2n) is 26.1. The van der Waals surface area contributed by atoms with E-state index in [1.165, 1.54) is 70.6 Å². The molecule has 0 aliphatic carbocycles. The Hall–Kier alpha value is -4.83. The fourth-order valence-electron chi connectivity index (χ4n) is 10.3. The standard InChI is InChI=1S/C85H142O16P2/c1-4-7-10-13-16-19-22-25-28-30-32-34-36-38-39-41-43-44-46-48-51-53-56-59-62-65-68-71-83(88)95-74-80(86)75-97-102(91,92)98-76-81(87)77-99-103(93,94)100-79-82(101-85(90)73-70-67-64-61-58-55-50-27-24-21-18-15-12-9-6-3)78-96-84(89)72-69-66-63-60-57-54-52-49-47-45-42-40-37-35-33-31-29-26-23-20-17-14-11-8-5-2/h7-12,16-21,25-29,32-35,38-40,42,50,80-82,86-87H,4-6,13-15,22-24,30-31,36-37,41,43-49,51-79H2,1-3H3,(H,91,92)(H,93,94)/b10-7-,11-8-,12-9-,19-16-,20-17-,21-18-,28-25-,29-26-,34-32-,35-33-,39-38-,42-40-,50-27-. The molecule has 0 radical (unpaired) electrons. The van der Waals surface area contributed by atoms with Gasteiger partial charge in [-0.1, -0.05) is 301 Å². The Balaban J connectivity index is 4.58. The number of allylic oxidation sites excluding steroid dienone is 26. The molecule has 0 aromatic heterocycles. The minimum Gasteiger partial charge on any atom is -0.463 e. The predicted molar refractivity (Wildman–Crippen MR) is 426 cm³/mol. The lowest BCUT2D eigenvalue weighted by molar-refractivity contribution is -0.161. The molecule has 18 heteroatoms. The molecule has 5 atom stereocenters. The Labute approximate surface area is 625 Å². The highest BCUT2D eigenvalue weighted by Gasteiger charge is 2.29. The molecule has 0 spiro atoms. The summed E-state index contributed by atoms with van der Waals surface area (Å²) in [4.78, 5) is 58.7. The van der Waals surface area contributed by atoms with E-state index in [-0.39, 0.29) is 19.3 Å². The number of carbonyl (C=O) groups excluding carboxylic acids is 3. The number of aliphatic hydroxyl groups is 2. The highest BCUT2D eigenvalue weighted by atomic mass is 31.2. The molecule has 5 unspecified atom stereocenters. The lowest BCUT2D eigenvalue weighted by Crippen LogP contribution is -2.30. The van der Waals surface area contributed by atoms with Crippen LogP contribution in [0.15, 0.2) is 158 Å². The lowest BCUT2D eigenvalue weighted by atomic mass is 10.0. The van der Waals surface area contributed by atoms with Crippen LogP contribution < -0.4 is 0 Å². The van der Waals surface area contributed by atoms with Gasteiger partial charge in [-0.25, -0.2) is 9.13 Å². The number of phosphoric ester groups is 2. The molecule has 0 aromatic rings. The third-order valence-corrected chi connectivity index (χ3v) is 18.1. The molecule has 0 saturated carbocycles. The van der Waals surface area contributed by atoms with Gasteiger partial charge in [0.2, 0.25) is 0 Å². The van der Waals surface area contributed by atoms with Gasteiger partial charge in [0.1, 0.15) is 25.4 Å². The highest BCUT2D eigenvalue weighted by molar-refractivity contribution is 7.47. The van der Waals surface area contributed by atoms with Gasteiger partial charge in [-0.05, 0) is 141 Å². The van der Waals surface area contributed by atoms with Crippen molar-refractivity contribution in [1.29, 1.82) is 0 Å². The van der Waals surface area contributed by atoms with Crippen LogP contribution in [0.25, 0.3) is 0 Å². The van der Waals surface area contributed by atoms with Gasteiger partial charge < -0.3 is 34.2 Å². The van der Waals surface area contributed by atoms with Gasteiger partial charge >= 0.3 is 33.6 Å². The molecular weight excluding hydrogens is 1340 g/mol. The Bertz CT molecular complexity index is 2500. The monoisotopic (exact) mass is 1480 g/mol. The summed E-state index contributed by atoms with van der Waals surface area (Å²) in [7, 11) is -9.81. The SMILES string of the molecule is CC/C=C\C/C=C\C/C=C\C/C=C\C/C=C\CCCCCCCCCCCCCC(=O)OCC(O)COP(=O)(O)OCC(O)COP(=O)(O)OCC(COC(=O)CCCCCCCCCCC/C=C\C/C=C\C/C=C\C/C=C\C/C=C\CC)OC(=O)CCCCCCC/C=C\C/C=C\C/C=C\CC. The zero-order valence-electron chi connectivity index (χ0n) is 64.2. The summed E-state index contributed by atoms with van der Waals surface area (Å²) in [5, 5.41) is 20.6. The third kappa shape index (κ3) is 78.1. The van der Waals surface area contributed by atoms with Crippen LogP contribution in [0.2, 0.25) is 0 Å². The van der Waals surface area contributed by atoms with Crippen molar-refractivity contribution in [2.75, 3.05) is 39.6 Å². The van der Waals surface area contributed by atoms with E-state index >= 15 is 0 Å². The van der Waals surface area contributed by atoms with Crippen molar-refractivity contribution in [3.05, 3.63) is 158 Å². The summed E-state index contributed by atoms with van der Waals surface area (Å²) in [6.07, 6.45) is 95.7. The van der Waals surface area contributed by atoms with E-state index in [9.17, 15) is 43.5 Å². The van der Waals surface area contributed by atoms with Crippen LogP contribution in [0, 0.1) is 0 Å². The van der Waals surface area contributed by atoms with Gasteiger partial charge in [0.15, 0.2) is 6.10 Å². The number of carbonyl (C=O) groups is 3. The fourth-order valence-corrected chi connectivity index (χ4v) is 11.9. The summed E-state index contributed by atoms with van der Waals surface area (Å²) in [6.45, 7) is 2.31. The van der Waals surface area contributed by atoms with Gasteiger partial charge in [0.05, 0.1) is 26.4 Å². The Morgan fingerprint density at radius 1 is 0.272 bits per heavy atom. The van der Waals surface area contributed by atoms with Gasteiger partial charge in [0.25, 0.3) is 0 Å². The molecule has 0 fully saturated rings. The second kappa shape index (κ2) is 76.8. The topological polar surface area (TPSA) is 231 Å². The van der Waals surface area contributed by atoms with E-state index in [4.69, 9.17) is 32.3 Å². The molecule has 16 nitrogen and oxygen atoms in total. The Morgan fingerprint density at radius 2 is 0.485 bits per heavy atom. The van der Waals surface area contributed by atoms with E-state index in [1.807, 2.05) is 0 Å². The smallest absolute Gasteiger partial charge is 0.463 e. The molecule has 0 aliphatic rings. The number of ether oxygens (including phenoxy) is 3. The number of unbranched alkanes of at least 4 members (excludes halogenated alkanes) is 25. The van der Waals surface area contributed by atoms with Crippen molar-refractivity contribution in [1.82, 2.24) is 0 Å². The van der Waals surface area contributed by atoms with Crippen LogP contribution in [0.5, 0.6) is 0 Å². The average molecular weight is 1480 g/mol. The molecule has 0 heterocycles. The quantitative estimate of drug-likeness (QED) is 0.0146. The molecule has 4 N–H and O–H groups in total. The number of hydrogen-bond acceptors (Lipinski definition) is 14. The number of rotatable bonds is 74. The van der Waals surface area contributed by atoms with Crippen molar-refractivity contribution in [2.24, 2.45) is 0 Å². The van der Waals surface area contributed by atoms with Crippen LogP contribution in [0.3, 0.4) is 0 Å². The first-order valence-corrected chi connectivity index (χ1v) is 42.8. The van der Waals surface area contributed by atoms with Gasteiger partial charge in [0, 0.05) is 19.3 Å². The Morgan fingerprint density at radius 3 is 0.767 bits per heavy atom. The first kappa shape index (κ1) is 98.2. The predicted octanol–water partition coefficient (Wildman–Crippen LogP) is 23.4. The molecular formula is C85H142O16P2. The van der Waals surface area contributed by atoms with Crippen LogP contribution >= 0.6 is 15.6 Å². The van der Waals surface area contributed by atoms with E-state index in [0.717, 1.165) is 173 Å². The van der Waals surface area contributed by atoms with Crippen molar-refractivity contribution in [3.8, 4) is 0 Å². The fraction of sp³-hybridized carbons (Fsp3) is 0.659. The van der Waals surface area contributed by atoms with Crippen molar-refractivity contribution >= 4 is 33.6 Å². The Kier molecular flexibility index (Phi) is 73.2. The zero-order chi connectivity index (χ0) is 75.2. The maximum Gasteiger partial charge on any atom is 0.472 e. The van der Waals surface area contributed by atoms with E-state index in [0.29, 0.717) is 19.3 Å². The molecule has 588 valence electrons. The van der Waals surface area contributed by atoms with Gasteiger partial charge in [-0.2, -0.15) is 0 Å². The second-order valence-corrected chi connectivity index (χ2v) is 29.0. The molecule has 0 bridgehead atoms. The summed E-state index contributed by atoms with van der Waals surface area (Å²) in [5.74, 6) is -1.61. The minimum absolute atomic E-state index is 0.0793.